The molecule has 0 aliphatic carbocycles. The van der Waals surface area contributed by atoms with Crippen molar-refractivity contribution in [2.45, 2.75) is 26.1 Å². The van der Waals surface area contributed by atoms with E-state index in [9.17, 15) is 27.5 Å². The minimum absolute atomic E-state index is 0.0498. The first-order valence-electron chi connectivity index (χ1n) is 11.4. The maximum absolute atomic E-state index is 15.2. The number of rotatable bonds is 4. The summed E-state index contributed by atoms with van der Waals surface area (Å²) in [4.78, 5) is 20.5. The standard InChI is InChI=1S/C23H18F5N5O2/c1-10-9-30-21(29)19-18(31-11(2)33(10)19)16-4-3-15(8-17(16)25)32-22(35)20(34)12-5-13(23(26,27)28)7-14(24)6-12/h3-9,20,34H,1-2H3,(H2,29,30)(H,32,35)/t20-/m1/s1/i2D3. The summed E-state index contributed by atoms with van der Waals surface area (Å²) in [6, 6.07) is 4.37. The Morgan fingerprint density at radius 1 is 1.23 bits per heavy atom. The van der Waals surface area contributed by atoms with E-state index >= 15 is 4.39 Å². The first-order valence-corrected chi connectivity index (χ1v) is 9.88. The van der Waals surface area contributed by atoms with Crippen molar-refractivity contribution >= 4 is 22.9 Å². The van der Waals surface area contributed by atoms with Gasteiger partial charge in [-0.05, 0) is 55.7 Å². The smallest absolute Gasteiger partial charge is 0.382 e. The van der Waals surface area contributed by atoms with Gasteiger partial charge in [0.1, 0.15) is 34.5 Å². The molecule has 2 heterocycles. The summed E-state index contributed by atoms with van der Waals surface area (Å²) in [6.45, 7) is -1.11. The molecule has 0 bridgehead atoms. The number of benzene rings is 2. The summed E-state index contributed by atoms with van der Waals surface area (Å²) in [5.41, 5.74) is 3.80. The molecule has 0 aliphatic rings. The number of amides is 1. The number of aliphatic hydroxyl groups excluding tert-OH is 1. The fourth-order valence-electron chi connectivity index (χ4n) is 3.55. The Morgan fingerprint density at radius 3 is 2.63 bits per heavy atom. The van der Waals surface area contributed by atoms with Crippen LogP contribution in [0.15, 0.2) is 42.6 Å². The van der Waals surface area contributed by atoms with Crippen molar-refractivity contribution in [1.82, 2.24) is 14.4 Å². The van der Waals surface area contributed by atoms with E-state index in [4.69, 9.17) is 9.85 Å². The van der Waals surface area contributed by atoms with Crippen LogP contribution in [0.3, 0.4) is 0 Å². The van der Waals surface area contributed by atoms with Gasteiger partial charge in [0.2, 0.25) is 0 Å². The van der Waals surface area contributed by atoms with Crippen molar-refractivity contribution in [3.05, 3.63) is 76.9 Å². The van der Waals surface area contributed by atoms with E-state index in [0.717, 1.165) is 12.1 Å². The van der Waals surface area contributed by atoms with Crippen LogP contribution >= 0.6 is 0 Å². The lowest BCUT2D eigenvalue weighted by Crippen LogP contribution is -2.21. The second kappa shape index (κ2) is 8.62. The second-order valence-corrected chi connectivity index (χ2v) is 7.61. The lowest BCUT2D eigenvalue weighted by molar-refractivity contribution is -0.138. The number of aryl methyl sites for hydroxylation is 2. The van der Waals surface area contributed by atoms with Crippen LogP contribution in [0.25, 0.3) is 16.8 Å². The van der Waals surface area contributed by atoms with Gasteiger partial charge < -0.3 is 16.2 Å². The van der Waals surface area contributed by atoms with Crippen molar-refractivity contribution in [3.63, 3.8) is 0 Å². The number of aromatic nitrogens is 3. The quantitative estimate of drug-likeness (QED) is 0.361. The third kappa shape index (κ3) is 4.52. The molecule has 0 spiro atoms. The lowest BCUT2D eigenvalue weighted by atomic mass is 10.0. The average Bonchev–Trinajstić information content (AvgIpc) is 3.22. The highest BCUT2D eigenvalue weighted by Gasteiger charge is 2.32. The predicted molar refractivity (Wildman–Crippen MR) is 117 cm³/mol. The highest BCUT2D eigenvalue weighted by molar-refractivity contribution is 5.95. The molecule has 0 saturated heterocycles. The summed E-state index contributed by atoms with van der Waals surface area (Å²) >= 11 is 0. The number of carbonyl (C=O) groups excluding carboxylic acids is 1. The van der Waals surface area contributed by atoms with Crippen LogP contribution in [0, 0.1) is 25.4 Å². The summed E-state index contributed by atoms with van der Waals surface area (Å²) in [5.74, 6) is -4.02. The molecule has 0 fully saturated rings. The van der Waals surface area contributed by atoms with E-state index < -0.39 is 47.8 Å². The number of anilines is 2. The SMILES string of the molecule is [2H]C([2H])([2H])c1nc(-c2ccc(NC(=O)[C@H](O)c3cc(F)cc(C(F)(F)F)c3)cc2F)c2c(N)ncc(C)n12. The van der Waals surface area contributed by atoms with Crippen LogP contribution in [0.2, 0.25) is 0 Å². The Labute approximate surface area is 199 Å². The highest BCUT2D eigenvalue weighted by Crippen LogP contribution is 2.33. The molecule has 0 aliphatic heterocycles. The lowest BCUT2D eigenvalue weighted by Gasteiger charge is -2.15. The topological polar surface area (TPSA) is 106 Å². The van der Waals surface area contributed by atoms with Crippen molar-refractivity contribution < 1.29 is 36.0 Å². The van der Waals surface area contributed by atoms with Crippen molar-refractivity contribution in [1.29, 1.82) is 0 Å². The average molecular weight is 494 g/mol. The van der Waals surface area contributed by atoms with Crippen LogP contribution in [0.5, 0.6) is 0 Å². The molecule has 35 heavy (non-hydrogen) atoms. The molecule has 4 rings (SSSR count). The zero-order chi connectivity index (χ0) is 28.2. The maximum Gasteiger partial charge on any atom is 0.416 e. The number of carbonyl (C=O) groups is 1. The molecule has 2 aromatic heterocycles. The molecule has 0 radical (unpaired) electrons. The maximum atomic E-state index is 15.2. The third-order valence-corrected chi connectivity index (χ3v) is 5.17. The number of hydrogen-bond donors (Lipinski definition) is 3. The molecule has 4 aromatic rings. The molecule has 7 nitrogen and oxygen atoms in total. The van der Waals surface area contributed by atoms with Crippen molar-refractivity contribution in [3.8, 4) is 11.3 Å². The van der Waals surface area contributed by atoms with E-state index in [1.54, 1.807) is 6.92 Å². The number of fused-ring (bicyclic) bond motifs is 1. The fraction of sp³-hybridized carbons (Fsp3) is 0.174. The van der Waals surface area contributed by atoms with Crippen LogP contribution in [-0.2, 0) is 11.0 Å². The Kier molecular flexibility index (Phi) is 5.00. The van der Waals surface area contributed by atoms with Gasteiger partial charge in [-0.1, -0.05) is 0 Å². The van der Waals surface area contributed by atoms with Crippen molar-refractivity contribution in [2.75, 3.05) is 11.1 Å². The van der Waals surface area contributed by atoms with Gasteiger partial charge in [-0.25, -0.2) is 18.7 Å². The molecule has 0 unspecified atom stereocenters. The summed E-state index contributed by atoms with van der Waals surface area (Å²) in [5, 5.41) is 12.3. The normalized spacial score (nSPS) is 14.3. The van der Waals surface area contributed by atoms with Crippen LogP contribution in [-0.4, -0.2) is 25.4 Å². The van der Waals surface area contributed by atoms with Gasteiger partial charge in [-0.2, -0.15) is 13.2 Å². The second-order valence-electron chi connectivity index (χ2n) is 7.61. The molecule has 1 atom stereocenters. The molecular weight excluding hydrogens is 473 g/mol. The minimum atomic E-state index is -4.92. The van der Waals surface area contributed by atoms with E-state index in [0.29, 0.717) is 17.8 Å². The van der Waals surface area contributed by atoms with Gasteiger partial charge in [-0.3, -0.25) is 9.20 Å². The van der Waals surface area contributed by atoms with Gasteiger partial charge in [0.25, 0.3) is 5.91 Å². The van der Waals surface area contributed by atoms with Gasteiger partial charge in [0.15, 0.2) is 6.10 Å². The highest BCUT2D eigenvalue weighted by atomic mass is 19.4. The molecule has 182 valence electrons. The third-order valence-electron chi connectivity index (χ3n) is 5.17. The largest absolute Gasteiger partial charge is 0.416 e. The zero-order valence-corrected chi connectivity index (χ0v) is 17.8. The van der Waals surface area contributed by atoms with Crippen LogP contribution < -0.4 is 11.1 Å². The number of aliphatic hydroxyl groups is 1. The molecule has 4 N–H and O–H groups in total. The first-order chi connectivity index (χ1) is 17.6. The molecule has 1 amide bonds. The number of nitrogens with one attached hydrogen (secondary N) is 1. The summed E-state index contributed by atoms with van der Waals surface area (Å²) in [6.07, 6.45) is -5.79. The van der Waals surface area contributed by atoms with Crippen molar-refractivity contribution in [2.24, 2.45) is 0 Å². The minimum Gasteiger partial charge on any atom is -0.382 e. The van der Waals surface area contributed by atoms with Crippen LogP contribution in [0.4, 0.5) is 33.5 Å². The Balaban J connectivity index is 1.68. The van der Waals surface area contributed by atoms with Gasteiger partial charge >= 0.3 is 6.18 Å². The number of nitrogens with zero attached hydrogens (tertiary/aromatic N) is 3. The van der Waals surface area contributed by atoms with E-state index in [2.05, 4.69) is 15.3 Å². The zero-order valence-electron chi connectivity index (χ0n) is 20.8. The van der Waals surface area contributed by atoms with E-state index in [-0.39, 0.29) is 40.2 Å². The predicted octanol–water partition coefficient (Wildman–Crippen LogP) is 4.56. The number of alkyl halides is 3. The Morgan fingerprint density at radius 2 is 1.97 bits per heavy atom. The monoisotopic (exact) mass is 494 g/mol. The van der Waals surface area contributed by atoms with E-state index in [1.165, 1.54) is 16.7 Å². The first kappa shape index (κ1) is 20.3. The molecular formula is C23H18F5N5O2. The molecule has 12 heteroatoms. The van der Waals surface area contributed by atoms with Crippen LogP contribution in [0.1, 0.15) is 32.9 Å². The summed E-state index contributed by atoms with van der Waals surface area (Å²) in [7, 11) is 0. The Hall–Kier alpha value is -4.06. The number of imidazole rings is 1. The number of nitrogen functional groups attached to an aromatic ring is 1. The number of hydrogen-bond acceptors (Lipinski definition) is 5. The van der Waals surface area contributed by atoms with Gasteiger partial charge in [0, 0.05) is 27.3 Å². The Bertz CT molecular complexity index is 1570. The fourth-order valence-corrected chi connectivity index (χ4v) is 3.55. The van der Waals surface area contributed by atoms with E-state index in [1.807, 2.05) is 0 Å². The van der Waals surface area contributed by atoms with Gasteiger partial charge in [0.05, 0.1) is 5.56 Å². The number of nitrogens with two attached hydrogens (primary N) is 1. The molecule has 2 aromatic carbocycles. The summed E-state index contributed by atoms with van der Waals surface area (Å²) < 4.78 is 92.2. The van der Waals surface area contributed by atoms with Gasteiger partial charge in [-0.15, -0.1) is 0 Å². The number of halogens is 5. The molecule has 0 saturated carbocycles.